The van der Waals surface area contributed by atoms with Crippen molar-refractivity contribution in [2.45, 2.75) is 57.0 Å². The average molecular weight is 463 g/mol. The Bertz CT molecular complexity index is 870. The lowest BCUT2D eigenvalue weighted by Gasteiger charge is -2.29. The topological polar surface area (TPSA) is 49.4 Å². The number of hydrogen-bond acceptors (Lipinski definition) is 3. The van der Waals surface area contributed by atoms with Crippen LogP contribution in [0.15, 0.2) is 48.5 Å². The number of amides is 2. The van der Waals surface area contributed by atoms with E-state index in [2.05, 4.69) is 5.32 Å². The van der Waals surface area contributed by atoms with Crippen molar-refractivity contribution in [3.8, 4) is 0 Å². The highest BCUT2D eigenvalue weighted by atomic mass is 35.5. The number of nitrogens with zero attached hydrogens (tertiary/aromatic N) is 1. The summed E-state index contributed by atoms with van der Waals surface area (Å²) >= 11 is 7.44. The summed E-state index contributed by atoms with van der Waals surface area (Å²) in [4.78, 5) is 27.6. The third kappa shape index (κ3) is 7.25. The molecule has 0 bridgehead atoms. The lowest BCUT2D eigenvalue weighted by atomic mass is 10.1. The summed E-state index contributed by atoms with van der Waals surface area (Å²) in [5.41, 5.74) is 1.87. The molecule has 31 heavy (non-hydrogen) atoms. The fourth-order valence-electron chi connectivity index (χ4n) is 3.68. The lowest BCUT2D eigenvalue weighted by Crippen LogP contribution is -2.50. The SMILES string of the molecule is C[C@H](C(=O)NC1CCCC1)N(Cc1ccc(Cl)cc1)C(=O)CSCc1ccc(F)cc1. The molecule has 0 radical (unpaired) electrons. The van der Waals surface area contributed by atoms with Gasteiger partial charge in [0.15, 0.2) is 0 Å². The highest BCUT2D eigenvalue weighted by molar-refractivity contribution is 7.99. The molecule has 2 aromatic rings. The molecule has 0 heterocycles. The first-order chi connectivity index (χ1) is 14.9. The van der Waals surface area contributed by atoms with Crippen molar-refractivity contribution in [3.63, 3.8) is 0 Å². The molecule has 4 nitrogen and oxygen atoms in total. The molecule has 1 fully saturated rings. The number of rotatable bonds is 9. The lowest BCUT2D eigenvalue weighted by molar-refractivity contribution is -0.138. The second-order valence-electron chi connectivity index (χ2n) is 7.93. The Balaban J connectivity index is 1.64. The van der Waals surface area contributed by atoms with E-state index in [4.69, 9.17) is 11.6 Å². The second kappa shape index (κ2) is 11.5. The molecule has 166 valence electrons. The van der Waals surface area contributed by atoms with Gasteiger partial charge in [-0.1, -0.05) is 48.7 Å². The molecular formula is C24H28ClFN2O2S. The molecule has 0 aromatic heterocycles. The predicted molar refractivity (Wildman–Crippen MR) is 124 cm³/mol. The number of nitrogens with one attached hydrogen (secondary N) is 1. The Hall–Kier alpha value is -2.05. The zero-order valence-electron chi connectivity index (χ0n) is 17.7. The van der Waals surface area contributed by atoms with Gasteiger partial charge >= 0.3 is 0 Å². The van der Waals surface area contributed by atoms with Gasteiger partial charge in [0.05, 0.1) is 5.75 Å². The minimum Gasteiger partial charge on any atom is -0.352 e. The maximum atomic E-state index is 13.1. The zero-order valence-corrected chi connectivity index (χ0v) is 19.2. The van der Waals surface area contributed by atoms with Crippen LogP contribution >= 0.6 is 23.4 Å². The van der Waals surface area contributed by atoms with Crippen molar-refractivity contribution in [3.05, 3.63) is 70.5 Å². The molecule has 3 rings (SSSR count). The minimum atomic E-state index is -0.574. The Morgan fingerprint density at radius 3 is 2.35 bits per heavy atom. The second-order valence-corrected chi connectivity index (χ2v) is 9.36. The fourth-order valence-corrected chi connectivity index (χ4v) is 4.68. The van der Waals surface area contributed by atoms with Gasteiger partial charge in [0.2, 0.25) is 11.8 Å². The van der Waals surface area contributed by atoms with E-state index >= 15 is 0 Å². The molecule has 2 amide bonds. The van der Waals surface area contributed by atoms with Crippen molar-refractivity contribution < 1.29 is 14.0 Å². The van der Waals surface area contributed by atoms with E-state index in [-0.39, 0.29) is 29.4 Å². The molecule has 0 aliphatic heterocycles. The van der Waals surface area contributed by atoms with Crippen molar-refractivity contribution in [2.24, 2.45) is 0 Å². The smallest absolute Gasteiger partial charge is 0.242 e. The first-order valence-electron chi connectivity index (χ1n) is 10.6. The summed E-state index contributed by atoms with van der Waals surface area (Å²) in [6.07, 6.45) is 4.26. The third-order valence-corrected chi connectivity index (χ3v) is 6.78. The summed E-state index contributed by atoms with van der Waals surface area (Å²) < 4.78 is 13.1. The standard InChI is InChI=1S/C24H28ClFN2O2S/c1-17(24(30)27-22-4-2-3-5-22)28(14-18-6-10-20(25)11-7-18)23(29)16-31-15-19-8-12-21(26)13-9-19/h6-13,17,22H,2-5,14-16H2,1H3,(H,27,30)/t17-/m1/s1. The van der Waals surface area contributed by atoms with Gasteiger partial charge in [-0.05, 0) is 55.2 Å². The van der Waals surface area contributed by atoms with Crippen LogP contribution in [0.4, 0.5) is 4.39 Å². The summed E-state index contributed by atoms with van der Waals surface area (Å²) in [6, 6.07) is 13.2. The molecule has 1 N–H and O–H groups in total. The molecule has 2 aromatic carbocycles. The summed E-state index contributed by atoms with van der Waals surface area (Å²) in [5.74, 6) is 0.352. The summed E-state index contributed by atoms with van der Waals surface area (Å²) in [7, 11) is 0. The van der Waals surface area contributed by atoms with E-state index in [1.807, 2.05) is 12.1 Å². The van der Waals surface area contributed by atoms with Crippen LogP contribution in [0.3, 0.4) is 0 Å². The number of carbonyl (C=O) groups excluding carboxylic acids is 2. The van der Waals surface area contributed by atoms with Crippen LogP contribution in [-0.4, -0.2) is 34.6 Å². The number of carbonyl (C=O) groups is 2. The Kier molecular flexibility index (Phi) is 8.79. The van der Waals surface area contributed by atoms with Crippen LogP contribution < -0.4 is 5.32 Å². The monoisotopic (exact) mass is 462 g/mol. The molecule has 0 saturated heterocycles. The molecule has 1 saturated carbocycles. The normalized spacial score (nSPS) is 14.9. The van der Waals surface area contributed by atoms with Gasteiger partial charge in [-0.2, -0.15) is 0 Å². The quantitative estimate of drug-likeness (QED) is 0.558. The van der Waals surface area contributed by atoms with Crippen LogP contribution in [0, 0.1) is 5.82 Å². The maximum absolute atomic E-state index is 13.1. The largest absolute Gasteiger partial charge is 0.352 e. The van der Waals surface area contributed by atoms with Gasteiger partial charge in [-0.3, -0.25) is 9.59 Å². The molecular weight excluding hydrogens is 435 g/mol. The summed E-state index contributed by atoms with van der Waals surface area (Å²) in [6.45, 7) is 2.12. The van der Waals surface area contributed by atoms with Gasteiger partial charge in [0.1, 0.15) is 11.9 Å². The Morgan fingerprint density at radius 2 is 1.71 bits per heavy atom. The fraction of sp³-hybridized carbons (Fsp3) is 0.417. The number of benzene rings is 2. The van der Waals surface area contributed by atoms with E-state index < -0.39 is 6.04 Å². The van der Waals surface area contributed by atoms with Gasteiger partial charge < -0.3 is 10.2 Å². The molecule has 0 spiro atoms. The van der Waals surface area contributed by atoms with Gasteiger partial charge in [-0.15, -0.1) is 11.8 Å². The van der Waals surface area contributed by atoms with Crippen LogP contribution in [-0.2, 0) is 21.9 Å². The molecule has 1 aliphatic carbocycles. The molecule has 1 atom stereocenters. The number of hydrogen-bond donors (Lipinski definition) is 1. The molecule has 0 unspecified atom stereocenters. The third-order valence-electron chi connectivity index (χ3n) is 5.54. The Morgan fingerprint density at radius 1 is 1.10 bits per heavy atom. The van der Waals surface area contributed by atoms with Crippen LogP contribution in [0.2, 0.25) is 5.02 Å². The number of halogens is 2. The van der Waals surface area contributed by atoms with Crippen molar-refractivity contribution in [1.29, 1.82) is 0 Å². The first-order valence-corrected chi connectivity index (χ1v) is 12.1. The van der Waals surface area contributed by atoms with Crippen molar-refractivity contribution >= 4 is 35.2 Å². The van der Waals surface area contributed by atoms with Gasteiger partial charge in [-0.25, -0.2) is 4.39 Å². The molecule has 7 heteroatoms. The molecule has 1 aliphatic rings. The Labute approximate surface area is 192 Å². The van der Waals surface area contributed by atoms with E-state index in [1.165, 1.54) is 23.9 Å². The minimum absolute atomic E-state index is 0.101. The van der Waals surface area contributed by atoms with Gasteiger partial charge in [0.25, 0.3) is 0 Å². The van der Waals surface area contributed by atoms with Crippen molar-refractivity contribution in [1.82, 2.24) is 10.2 Å². The van der Waals surface area contributed by atoms with Crippen molar-refractivity contribution in [2.75, 3.05) is 5.75 Å². The highest BCUT2D eigenvalue weighted by Gasteiger charge is 2.28. The average Bonchev–Trinajstić information content (AvgIpc) is 3.27. The first kappa shape index (κ1) is 23.6. The maximum Gasteiger partial charge on any atom is 0.242 e. The number of thioether (sulfide) groups is 1. The van der Waals surface area contributed by atoms with Crippen LogP contribution in [0.25, 0.3) is 0 Å². The van der Waals surface area contributed by atoms with Crippen LogP contribution in [0.1, 0.15) is 43.7 Å². The summed E-state index contributed by atoms with van der Waals surface area (Å²) in [5, 5.41) is 3.73. The van der Waals surface area contributed by atoms with E-state index in [0.717, 1.165) is 36.8 Å². The highest BCUT2D eigenvalue weighted by Crippen LogP contribution is 2.20. The van der Waals surface area contributed by atoms with E-state index in [1.54, 1.807) is 36.1 Å². The van der Waals surface area contributed by atoms with Gasteiger partial charge in [0, 0.05) is 23.4 Å². The van der Waals surface area contributed by atoms with E-state index in [9.17, 15) is 14.0 Å². The van der Waals surface area contributed by atoms with Crippen LogP contribution in [0.5, 0.6) is 0 Å². The van der Waals surface area contributed by atoms with E-state index in [0.29, 0.717) is 17.3 Å². The zero-order chi connectivity index (χ0) is 22.2. The predicted octanol–water partition coefficient (Wildman–Crippen LogP) is 5.19.